The minimum absolute atomic E-state index is 0.0166. The van der Waals surface area contributed by atoms with Crippen molar-refractivity contribution in [2.45, 2.75) is 25.8 Å². The summed E-state index contributed by atoms with van der Waals surface area (Å²) in [4.78, 5) is 28.0. The van der Waals surface area contributed by atoms with Gasteiger partial charge in [0.25, 0.3) is 0 Å². The number of para-hydroxylation sites is 2. The van der Waals surface area contributed by atoms with Gasteiger partial charge >= 0.3 is 0 Å². The van der Waals surface area contributed by atoms with E-state index >= 15 is 0 Å². The van der Waals surface area contributed by atoms with Crippen LogP contribution >= 0.6 is 0 Å². The number of amides is 2. The van der Waals surface area contributed by atoms with Crippen molar-refractivity contribution < 1.29 is 9.59 Å². The van der Waals surface area contributed by atoms with E-state index in [2.05, 4.69) is 15.5 Å². The summed E-state index contributed by atoms with van der Waals surface area (Å²) in [6, 6.07) is 27.1. The first kappa shape index (κ1) is 21.8. The van der Waals surface area contributed by atoms with E-state index < -0.39 is 0 Å². The predicted molar refractivity (Wildman–Crippen MR) is 129 cm³/mol. The Balaban J connectivity index is 1.40. The fraction of sp³-hybridized carbons (Fsp3) is 0.259. The Morgan fingerprint density at radius 3 is 2.28 bits per heavy atom. The molecule has 32 heavy (non-hydrogen) atoms. The SMILES string of the molecule is CC(C(=O)Nc1ccccc1-c1ccccc1)N1CCCC(C(=O)Nc2ccccc2)C1. The molecule has 1 fully saturated rings. The first-order chi connectivity index (χ1) is 15.6. The molecule has 1 aliphatic rings. The van der Waals surface area contributed by atoms with Gasteiger partial charge in [0, 0.05) is 23.5 Å². The van der Waals surface area contributed by atoms with Crippen molar-refractivity contribution in [1.82, 2.24) is 4.90 Å². The van der Waals surface area contributed by atoms with Crippen LogP contribution in [0.3, 0.4) is 0 Å². The Labute approximate surface area is 189 Å². The maximum absolute atomic E-state index is 13.1. The van der Waals surface area contributed by atoms with Gasteiger partial charge in [-0.15, -0.1) is 0 Å². The zero-order chi connectivity index (χ0) is 22.3. The molecule has 4 rings (SSSR count). The molecule has 0 aliphatic carbocycles. The lowest BCUT2D eigenvalue weighted by Gasteiger charge is -2.35. The number of nitrogens with one attached hydrogen (secondary N) is 2. The van der Waals surface area contributed by atoms with Crippen LogP contribution in [0.5, 0.6) is 0 Å². The molecule has 3 aromatic carbocycles. The molecule has 1 saturated heterocycles. The maximum atomic E-state index is 13.1. The molecule has 2 unspecified atom stereocenters. The average Bonchev–Trinajstić information content (AvgIpc) is 2.85. The normalized spacial score (nSPS) is 17.3. The van der Waals surface area contributed by atoms with Crippen molar-refractivity contribution in [3.05, 3.63) is 84.9 Å². The fourth-order valence-electron chi connectivity index (χ4n) is 4.20. The number of hydrogen-bond donors (Lipinski definition) is 2. The largest absolute Gasteiger partial charge is 0.326 e. The fourth-order valence-corrected chi connectivity index (χ4v) is 4.20. The van der Waals surface area contributed by atoms with E-state index in [1.807, 2.05) is 91.9 Å². The zero-order valence-electron chi connectivity index (χ0n) is 18.3. The van der Waals surface area contributed by atoms with E-state index in [4.69, 9.17) is 0 Å². The molecule has 2 N–H and O–H groups in total. The second kappa shape index (κ2) is 10.2. The number of likely N-dealkylation sites (tertiary alicyclic amines) is 1. The first-order valence-corrected chi connectivity index (χ1v) is 11.2. The highest BCUT2D eigenvalue weighted by Crippen LogP contribution is 2.28. The quantitative estimate of drug-likeness (QED) is 0.580. The third kappa shape index (κ3) is 5.24. The summed E-state index contributed by atoms with van der Waals surface area (Å²) in [5, 5.41) is 6.11. The van der Waals surface area contributed by atoms with Crippen LogP contribution in [-0.2, 0) is 9.59 Å². The van der Waals surface area contributed by atoms with Crippen molar-refractivity contribution in [2.75, 3.05) is 23.7 Å². The van der Waals surface area contributed by atoms with Gasteiger partial charge in [0.05, 0.1) is 12.0 Å². The van der Waals surface area contributed by atoms with E-state index in [-0.39, 0.29) is 23.8 Å². The average molecular weight is 428 g/mol. The minimum Gasteiger partial charge on any atom is -0.326 e. The van der Waals surface area contributed by atoms with Crippen molar-refractivity contribution in [3.63, 3.8) is 0 Å². The van der Waals surface area contributed by atoms with Crippen LogP contribution < -0.4 is 10.6 Å². The molecule has 1 heterocycles. The van der Waals surface area contributed by atoms with Crippen molar-refractivity contribution in [2.24, 2.45) is 5.92 Å². The molecule has 3 aromatic rings. The van der Waals surface area contributed by atoms with E-state index in [1.165, 1.54) is 0 Å². The lowest BCUT2D eigenvalue weighted by Crippen LogP contribution is -2.49. The summed E-state index contributed by atoms with van der Waals surface area (Å²) in [6.07, 6.45) is 1.73. The maximum Gasteiger partial charge on any atom is 0.241 e. The molecule has 164 valence electrons. The molecule has 2 amide bonds. The number of rotatable bonds is 6. The van der Waals surface area contributed by atoms with Gasteiger partial charge in [-0.1, -0.05) is 66.7 Å². The van der Waals surface area contributed by atoms with Crippen LogP contribution in [0.15, 0.2) is 84.9 Å². The Morgan fingerprint density at radius 1 is 0.875 bits per heavy atom. The van der Waals surface area contributed by atoms with E-state index in [9.17, 15) is 9.59 Å². The summed E-state index contributed by atoms with van der Waals surface area (Å²) < 4.78 is 0. The van der Waals surface area contributed by atoms with Gasteiger partial charge in [-0.3, -0.25) is 14.5 Å². The molecule has 0 bridgehead atoms. The summed E-state index contributed by atoms with van der Waals surface area (Å²) in [6.45, 7) is 3.30. The minimum atomic E-state index is -0.328. The molecule has 0 aromatic heterocycles. The van der Waals surface area contributed by atoms with Gasteiger partial charge in [0.15, 0.2) is 0 Å². The Kier molecular flexibility index (Phi) is 6.97. The van der Waals surface area contributed by atoms with Gasteiger partial charge in [-0.2, -0.15) is 0 Å². The number of carbonyl (C=O) groups is 2. The lowest BCUT2D eigenvalue weighted by atomic mass is 9.95. The third-order valence-electron chi connectivity index (χ3n) is 6.06. The number of carbonyl (C=O) groups excluding carboxylic acids is 2. The molecule has 5 heteroatoms. The van der Waals surface area contributed by atoms with Gasteiger partial charge < -0.3 is 10.6 Å². The number of benzene rings is 3. The van der Waals surface area contributed by atoms with Crippen LogP contribution in [0.2, 0.25) is 0 Å². The van der Waals surface area contributed by atoms with Crippen LogP contribution in [0.4, 0.5) is 11.4 Å². The number of hydrogen-bond acceptors (Lipinski definition) is 3. The second-order valence-corrected chi connectivity index (χ2v) is 8.27. The molecule has 5 nitrogen and oxygen atoms in total. The Bertz CT molecular complexity index is 1050. The van der Waals surface area contributed by atoms with Crippen LogP contribution in [-0.4, -0.2) is 35.8 Å². The molecular weight excluding hydrogens is 398 g/mol. The molecule has 0 spiro atoms. The summed E-state index contributed by atoms with van der Waals surface area (Å²) >= 11 is 0. The van der Waals surface area contributed by atoms with Crippen LogP contribution in [0.25, 0.3) is 11.1 Å². The van der Waals surface area contributed by atoms with Gasteiger partial charge in [0.1, 0.15) is 0 Å². The molecule has 2 atom stereocenters. The summed E-state index contributed by atoms with van der Waals surface area (Å²) in [5.74, 6) is -0.170. The molecule has 1 aliphatic heterocycles. The Hall–Kier alpha value is -3.44. The highest BCUT2D eigenvalue weighted by atomic mass is 16.2. The first-order valence-electron chi connectivity index (χ1n) is 11.2. The molecule has 0 radical (unpaired) electrons. The van der Waals surface area contributed by atoms with E-state index in [0.29, 0.717) is 6.54 Å². The van der Waals surface area contributed by atoms with Gasteiger partial charge in [-0.25, -0.2) is 0 Å². The highest BCUT2D eigenvalue weighted by Gasteiger charge is 2.31. The van der Waals surface area contributed by atoms with Crippen molar-refractivity contribution >= 4 is 23.2 Å². The number of piperidine rings is 1. The topological polar surface area (TPSA) is 61.4 Å². The second-order valence-electron chi connectivity index (χ2n) is 8.27. The Morgan fingerprint density at radius 2 is 1.53 bits per heavy atom. The molecule has 0 saturated carbocycles. The van der Waals surface area contributed by atoms with Gasteiger partial charge in [0.2, 0.25) is 11.8 Å². The van der Waals surface area contributed by atoms with E-state index in [1.54, 1.807) is 0 Å². The third-order valence-corrected chi connectivity index (χ3v) is 6.06. The van der Waals surface area contributed by atoms with E-state index in [0.717, 1.165) is 41.9 Å². The van der Waals surface area contributed by atoms with Crippen molar-refractivity contribution in [1.29, 1.82) is 0 Å². The van der Waals surface area contributed by atoms with Gasteiger partial charge in [-0.05, 0) is 50.1 Å². The van der Waals surface area contributed by atoms with Crippen molar-refractivity contribution in [3.8, 4) is 11.1 Å². The zero-order valence-corrected chi connectivity index (χ0v) is 18.3. The summed E-state index contributed by atoms with van der Waals surface area (Å²) in [7, 11) is 0. The standard InChI is InChI=1S/C27H29N3O2/c1-20(26(31)29-25-17-9-8-16-24(25)21-11-4-2-5-12-21)30-18-10-13-22(19-30)27(32)28-23-14-6-3-7-15-23/h2-9,11-12,14-17,20,22H,10,13,18-19H2,1H3,(H,28,32)(H,29,31). The lowest BCUT2D eigenvalue weighted by molar-refractivity contribution is -0.125. The van der Waals surface area contributed by atoms with Crippen LogP contribution in [0, 0.1) is 5.92 Å². The smallest absolute Gasteiger partial charge is 0.241 e. The highest BCUT2D eigenvalue weighted by molar-refractivity contribution is 5.98. The predicted octanol–water partition coefficient (Wildman–Crippen LogP) is 5.03. The number of nitrogens with zero attached hydrogens (tertiary/aromatic N) is 1. The molecular formula is C27H29N3O2. The van der Waals surface area contributed by atoms with Crippen LogP contribution in [0.1, 0.15) is 19.8 Å². The summed E-state index contributed by atoms with van der Waals surface area (Å²) in [5.41, 5.74) is 3.66. The number of anilines is 2. The monoisotopic (exact) mass is 427 g/mol.